The van der Waals surface area contributed by atoms with Crippen molar-refractivity contribution in [2.75, 3.05) is 0 Å². The van der Waals surface area contributed by atoms with Gasteiger partial charge in [-0.05, 0) is 36.1 Å². The maximum Gasteiger partial charge on any atom is 0.416 e. The van der Waals surface area contributed by atoms with Crippen LogP contribution in [0.25, 0.3) is 0 Å². The third-order valence-electron chi connectivity index (χ3n) is 3.24. The van der Waals surface area contributed by atoms with Crippen LogP contribution in [-0.4, -0.2) is 0 Å². The summed E-state index contributed by atoms with van der Waals surface area (Å²) in [5.41, 5.74) is 2.31. The molecule has 2 rings (SSSR count). The summed E-state index contributed by atoms with van der Waals surface area (Å²) in [6.45, 7) is 2.00. The second-order valence-electron chi connectivity index (χ2n) is 4.72. The maximum atomic E-state index is 12.7. The van der Waals surface area contributed by atoms with Gasteiger partial charge in [-0.3, -0.25) is 0 Å². The van der Waals surface area contributed by atoms with Gasteiger partial charge in [0, 0.05) is 4.83 Å². The first-order chi connectivity index (χ1) is 9.38. The van der Waals surface area contributed by atoms with Crippen molar-refractivity contribution >= 4 is 15.9 Å². The fraction of sp³-hybridized carbons (Fsp3) is 0.250. The number of hydrogen-bond acceptors (Lipinski definition) is 0. The lowest BCUT2D eigenvalue weighted by Crippen LogP contribution is -2.06. The molecule has 0 nitrogen and oxygen atoms in total. The van der Waals surface area contributed by atoms with Gasteiger partial charge in [0.25, 0.3) is 0 Å². The molecule has 0 N–H and O–H groups in total. The second-order valence-corrected chi connectivity index (χ2v) is 5.83. The zero-order valence-electron chi connectivity index (χ0n) is 10.9. The average Bonchev–Trinajstić information content (AvgIpc) is 2.40. The monoisotopic (exact) mass is 342 g/mol. The van der Waals surface area contributed by atoms with Crippen molar-refractivity contribution in [2.24, 2.45) is 0 Å². The van der Waals surface area contributed by atoms with Crippen LogP contribution in [0.5, 0.6) is 0 Å². The van der Waals surface area contributed by atoms with Crippen molar-refractivity contribution in [3.05, 3.63) is 70.8 Å². The first kappa shape index (κ1) is 15.1. The molecule has 0 amide bonds. The summed E-state index contributed by atoms with van der Waals surface area (Å²) >= 11 is 3.49. The molecule has 0 saturated carbocycles. The Morgan fingerprint density at radius 3 is 2.40 bits per heavy atom. The van der Waals surface area contributed by atoms with E-state index in [1.165, 1.54) is 12.1 Å². The number of aryl methyl sites for hydroxylation is 1. The van der Waals surface area contributed by atoms with Crippen LogP contribution in [0.2, 0.25) is 0 Å². The quantitative estimate of drug-likeness (QED) is 0.628. The highest BCUT2D eigenvalue weighted by atomic mass is 79.9. The molecule has 0 bridgehead atoms. The fourth-order valence-electron chi connectivity index (χ4n) is 2.06. The number of benzene rings is 2. The van der Waals surface area contributed by atoms with Gasteiger partial charge in [-0.1, -0.05) is 58.4 Å². The number of rotatable bonds is 3. The molecule has 0 saturated heterocycles. The van der Waals surface area contributed by atoms with Crippen molar-refractivity contribution < 1.29 is 13.2 Å². The fourth-order valence-corrected chi connectivity index (χ4v) is 2.69. The Bertz CT molecular complexity index is 590. The van der Waals surface area contributed by atoms with Gasteiger partial charge >= 0.3 is 6.18 Å². The van der Waals surface area contributed by atoms with Gasteiger partial charge in [-0.15, -0.1) is 0 Å². The summed E-state index contributed by atoms with van der Waals surface area (Å²) in [6.07, 6.45) is -3.64. The Balaban J connectivity index is 2.22. The minimum Gasteiger partial charge on any atom is -0.166 e. The summed E-state index contributed by atoms with van der Waals surface area (Å²) in [5.74, 6) is 0. The zero-order valence-corrected chi connectivity index (χ0v) is 12.5. The smallest absolute Gasteiger partial charge is 0.166 e. The van der Waals surface area contributed by atoms with E-state index in [4.69, 9.17) is 0 Å². The van der Waals surface area contributed by atoms with Crippen molar-refractivity contribution in [3.63, 3.8) is 0 Å². The summed E-state index contributed by atoms with van der Waals surface area (Å²) in [7, 11) is 0. The largest absolute Gasteiger partial charge is 0.416 e. The molecule has 2 aromatic rings. The second kappa shape index (κ2) is 6.00. The lowest BCUT2D eigenvalue weighted by Gasteiger charge is -2.14. The Hall–Kier alpha value is -1.29. The molecule has 0 heterocycles. The summed E-state index contributed by atoms with van der Waals surface area (Å²) in [6, 6.07) is 13.4. The normalized spacial score (nSPS) is 13.2. The first-order valence-electron chi connectivity index (χ1n) is 6.23. The van der Waals surface area contributed by atoms with Crippen molar-refractivity contribution in [1.82, 2.24) is 0 Å². The molecule has 4 heteroatoms. The number of hydrogen-bond donors (Lipinski definition) is 0. The molecule has 0 aliphatic heterocycles. The van der Waals surface area contributed by atoms with Crippen molar-refractivity contribution in [2.45, 2.75) is 24.3 Å². The SMILES string of the molecule is Cc1ccccc1CC(Br)c1cccc(C(F)(F)F)c1. The molecule has 0 spiro atoms. The van der Waals surface area contributed by atoms with E-state index in [1.807, 2.05) is 31.2 Å². The molecule has 0 aliphatic carbocycles. The first-order valence-corrected chi connectivity index (χ1v) is 7.15. The lowest BCUT2D eigenvalue weighted by atomic mass is 9.99. The Morgan fingerprint density at radius 1 is 1.05 bits per heavy atom. The van der Waals surface area contributed by atoms with Crippen LogP contribution in [0.4, 0.5) is 13.2 Å². The van der Waals surface area contributed by atoms with Crippen LogP contribution in [0, 0.1) is 6.92 Å². The molecular formula is C16H14BrF3. The van der Waals surface area contributed by atoms with E-state index in [2.05, 4.69) is 15.9 Å². The molecule has 0 aromatic heterocycles. The maximum absolute atomic E-state index is 12.7. The Kier molecular flexibility index (Phi) is 4.53. The molecule has 106 valence electrons. The molecule has 1 unspecified atom stereocenters. The van der Waals surface area contributed by atoms with Crippen LogP contribution >= 0.6 is 15.9 Å². The van der Waals surface area contributed by atoms with Gasteiger partial charge in [0.1, 0.15) is 0 Å². The van der Waals surface area contributed by atoms with E-state index >= 15 is 0 Å². The standard InChI is InChI=1S/C16H14BrF3/c1-11-5-2-3-6-12(11)10-15(17)13-7-4-8-14(9-13)16(18,19)20/h2-9,15H,10H2,1H3. The minimum atomic E-state index is -4.30. The van der Waals surface area contributed by atoms with Gasteiger partial charge in [0.15, 0.2) is 0 Å². The van der Waals surface area contributed by atoms with E-state index in [0.717, 1.165) is 17.2 Å². The van der Waals surface area contributed by atoms with Crippen molar-refractivity contribution in [3.8, 4) is 0 Å². The van der Waals surface area contributed by atoms with Gasteiger partial charge < -0.3 is 0 Å². The number of halogens is 4. The topological polar surface area (TPSA) is 0 Å². The molecule has 0 aliphatic rings. The molecule has 1 atom stereocenters. The number of alkyl halides is 4. The third kappa shape index (κ3) is 3.63. The predicted octanol–water partition coefficient (Wildman–Crippen LogP) is 5.69. The highest BCUT2D eigenvalue weighted by Gasteiger charge is 2.30. The molecule has 0 radical (unpaired) electrons. The third-order valence-corrected chi connectivity index (χ3v) is 4.09. The lowest BCUT2D eigenvalue weighted by molar-refractivity contribution is -0.137. The molecule has 2 aromatic carbocycles. The van der Waals surface area contributed by atoms with Gasteiger partial charge in [0.2, 0.25) is 0 Å². The van der Waals surface area contributed by atoms with E-state index in [9.17, 15) is 13.2 Å². The van der Waals surface area contributed by atoms with Crippen LogP contribution in [0.1, 0.15) is 27.1 Å². The molecule has 20 heavy (non-hydrogen) atoms. The molecular weight excluding hydrogens is 329 g/mol. The van der Waals surface area contributed by atoms with Crippen molar-refractivity contribution in [1.29, 1.82) is 0 Å². The minimum absolute atomic E-state index is 0.133. The summed E-state index contributed by atoms with van der Waals surface area (Å²) in [4.78, 5) is -0.133. The van der Waals surface area contributed by atoms with Gasteiger partial charge in [-0.25, -0.2) is 0 Å². The van der Waals surface area contributed by atoms with E-state index < -0.39 is 11.7 Å². The van der Waals surface area contributed by atoms with E-state index in [1.54, 1.807) is 6.07 Å². The Morgan fingerprint density at radius 2 is 1.75 bits per heavy atom. The summed E-state index contributed by atoms with van der Waals surface area (Å²) in [5, 5.41) is 0. The van der Waals surface area contributed by atoms with Gasteiger partial charge in [-0.2, -0.15) is 13.2 Å². The molecule has 0 fully saturated rings. The van der Waals surface area contributed by atoms with Gasteiger partial charge in [0.05, 0.1) is 5.56 Å². The Labute approximate surface area is 124 Å². The van der Waals surface area contributed by atoms with Crippen LogP contribution in [-0.2, 0) is 12.6 Å². The van der Waals surface area contributed by atoms with Crippen LogP contribution in [0.3, 0.4) is 0 Å². The van der Waals surface area contributed by atoms with Crippen LogP contribution in [0.15, 0.2) is 48.5 Å². The van der Waals surface area contributed by atoms with E-state index in [-0.39, 0.29) is 4.83 Å². The van der Waals surface area contributed by atoms with E-state index in [0.29, 0.717) is 12.0 Å². The average molecular weight is 343 g/mol. The predicted molar refractivity (Wildman–Crippen MR) is 78.0 cm³/mol. The highest BCUT2D eigenvalue weighted by molar-refractivity contribution is 9.09. The zero-order chi connectivity index (χ0) is 14.8. The van der Waals surface area contributed by atoms with Crippen LogP contribution < -0.4 is 0 Å². The summed E-state index contributed by atoms with van der Waals surface area (Å²) < 4.78 is 38.1. The highest BCUT2D eigenvalue weighted by Crippen LogP contribution is 2.34.